The van der Waals surface area contributed by atoms with Crippen LogP contribution >= 0.6 is 9.07 Å². The Kier molecular flexibility index (Phi) is 5.84. The zero-order chi connectivity index (χ0) is 9.52. The lowest BCUT2D eigenvalue weighted by Gasteiger charge is -2.02. The van der Waals surface area contributed by atoms with Crippen molar-refractivity contribution in [2.45, 2.75) is 32.6 Å². The van der Waals surface area contributed by atoms with Gasteiger partial charge in [0.15, 0.2) is 0 Å². The highest BCUT2D eigenvalue weighted by Gasteiger charge is 1.97. The van der Waals surface area contributed by atoms with Crippen LogP contribution in [-0.4, -0.2) is 19.3 Å². The molecule has 0 nitrogen and oxygen atoms in total. The zero-order valence-corrected chi connectivity index (χ0v) is 10.4. The van der Waals surface area contributed by atoms with Gasteiger partial charge in [-0.3, -0.25) is 0 Å². The number of hydrogen-bond donors (Lipinski definition) is 0. The van der Waals surface area contributed by atoms with Crippen molar-refractivity contribution in [3.63, 3.8) is 0 Å². The van der Waals surface area contributed by atoms with E-state index in [-0.39, 0.29) is 0 Å². The van der Waals surface area contributed by atoms with Gasteiger partial charge in [-0.25, -0.2) is 0 Å². The van der Waals surface area contributed by atoms with Gasteiger partial charge in [0.25, 0.3) is 0 Å². The molecular formula is C11H15ClMg. The molecule has 2 heteroatoms. The van der Waals surface area contributed by atoms with Gasteiger partial charge in [-0.2, -0.15) is 0 Å². The maximum absolute atomic E-state index is 5.90. The number of benzene rings is 1. The molecule has 0 radical (unpaired) electrons. The van der Waals surface area contributed by atoms with E-state index in [1.165, 1.54) is 34.9 Å². The summed E-state index contributed by atoms with van der Waals surface area (Å²) in [5.41, 5.74) is 1.46. The van der Waals surface area contributed by atoms with Crippen molar-refractivity contribution in [1.82, 2.24) is 0 Å². The summed E-state index contributed by atoms with van der Waals surface area (Å²) >= 11 is -0.486. The van der Waals surface area contributed by atoms with Crippen molar-refractivity contribution in [3.05, 3.63) is 29.8 Å². The van der Waals surface area contributed by atoms with Crippen LogP contribution in [0.3, 0.4) is 0 Å². The molecule has 0 N–H and O–H groups in total. The van der Waals surface area contributed by atoms with E-state index in [4.69, 9.17) is 9.07 Å². The molecule has 0 spiro atoms. The molecule has 0 unspecified atom stereocenters. The number of aryl methyl sites for hydroxylation is 1. The van der Waals surface area contributed by atoms with Gasteiger partial charge in [-0.15, -0.1) is 3.69 Å². The van der Waals surface area contributed by atoms with Gasteiger partial charge < -0.3 is 9.07 Å². The summed E-state index contributed by atoms with van der Waals surface area (Å²) in [4.78, 5) is 0. The summed E-state index contributed by atoms with van der Waals surface area (Å²) in [7, 11) is 5.90. The molecule has 0 aromatic heterocycles. The molecule has 0 amide bonds. The Labute approximate surface area is 94.2 Å². The van der Waals surface area contributed by atoms with Crippen LogP contribution in [0.25, 0.3) is 0 Å². The Bertz CT molecular complexity index is 248. The average molecular weight is 207 g/mol. The van der Waals surface area contributed by atoms with Crippen LogP contribution in [0.5, 0.6) is 0 Å². The van der Waals surface area contributed by atoms with Crippen molar-refractivity contribution in [1.29, 1.82) is 0 Å². The molecule has 13 heavy (non-hydrogen) atoms. The fourth-order valence-corrected chi connectivity index (χ4v) is 2.51. The van der Waals surface area contributed by atoms with Gasteiger partial charge in [0.05, 0.1) is 0 Å². The summed E-state index contributed by atoms with van der Waals surface area (Å²) in [6.07, 6.45) is 5.16. The van der Waals surface area contributed by atoms with Gasteiger partial charge in [0, 0.05) is 0 Å². The minimum absolute atomic E-state index is 0.486. The third-order valence-electron chi connectivity index (χ3n) is 2.21. The first kappa shape index (κ1) is 11.4. The zero-order valence-electron chi connectivity index (χ0n) is 8.22. The molecule has 0 aliphatic carbocycles. The molecule has 0 saturated carbocycles. The Hall–Kier alpha value is 0.276. The predicted molar refractivity (Wildman–Crippen MR) is 60.9 cm³/mol. The van der Waals surface area contributed by atoms with Crippen LogP contribution in [0.2, 0.25) is 0 Å². The number of rotatable bonds is 5. The standard InChI is InChI=1S/C11H15.ClH.Mg/c1-2-3-5-8-11-9-6-4-7-10-11;;/h4,6,9-10H,2-3,5,8H2,1H3;1H;/q;;+1/p-1. The van der Waals surface area contributed by atoms with Gasteiger partial charge >= 0.3 is 19.3 Å². The average Bonchev–Trinajstić information content (AvgIpc) is 2.19. The van der Waals surface area contributed by atoms with Crippen molar-refractivity contribution >= 4 is 32.0 Å². The first-order valence-corrected chi connectivity index (χ1v) is 7.85. The monoisotopic (exact) mass is 206 g/mol. The molecular weight excluding hydrogens is 192 g/mol. The minimum atomic E-state index is -0.486. The van der Waals surface area contributed by atoms with Gasteiger partial charge in [0.2, 0.25) is 0 Å². The first-order chi connectivity index (χ1) is 6.36. The third kappa shape index (κ3) is 4.34. The van der Waals surface area contributed by atoms with E-state index in [1.54, 1.807) is 0 Å². The molecule has 1 rings (SSSR count). The van der Waals surface area contributed by atoms with Crippen LogP contribution in [-0.2, 0) is 6.42 Å². The summed E-state index contributed by atoms with van der Waals surface area (Å²) in [5, 5.41) is 0. The van der Waals surface area contributed by atoms with Crippen LogP contribution in [0.1, 0.15) is 31.7 Å². The van der Waals surface area contributed by atoms with Gasteiger partial charge in [-0.05, 0) is 12.8 Å². The predicted octanol–water partition coefficient (Wildman–Crippen LogP) is 2.90. The minimum Gasteiger partial charge on any atom is -0.336 e. The van der Waals surface area contributed by atoms with Gasteiger partial charge in [-0.1, -0.05) is 49.6 Å². The maximum atomic E-state index is 5.90. The van der Waals surface area contributed by atoms with E-state index in [0.717, 1.165) is 0 Å². The fourth-order valence-electron chi connectivity index (χ4n) is 1.45. The van der Waals surface area contributed by atoms with Crippen LogP contribution < -0.4 is 3.69 Å². The van der Waals surface area contributed by atoms with E-state index < -0.39 is 19.3 Å². The lowest BCUT2D eigenvalue weighted by molar-refractivity contribution is 0.718. The summed E-state index contributed by atoms with van der Waals surface area (Å²) in [5.74, 6) is 0. The van der Waals surface area contributed by atoms with E-state index in [9.17, 15) is 0 Å². The largest absolute Gasteiger partial charge is 0.538 e. The number of halogens is 1. The second-order valence-corrected chi connectivity index (χ2v) is 5.30. The highest BCUT2D eigenvalue weighted by Crippen LogP contribution is 2.04. The van der Waals surface area contributed by atoms with Crippen molar-refractivity contribution < 1.29 is 0 Å². The molecule has 0 bridgehead atoms. The first-order valence-electron chi connectivity index (χ1n) is 5.00. The van der Waals surface area contributed by atoms with Crippen LogP contribution in [0.4, 0.5) is 0 Å². The molecule has 68 valence electrons. The molecule has 1 aromatic rings. The van der Waals surface area contributed by atoms with Gasteiger partial charge in [0.1, 0.15) is 0 Å². The lowest BCUT2D eigenvalue weighted by atomic mass is 10.1. The van der Waals surface area contributed by atoms with E-state index in [1.807, 2.05) is 0 Å². The van der Waals surface area contributed by atoms with Crippen molar-refractivity contribution in [2.24, 2.45) is 0 Å². The van der Waals surface area contributed by atoms with Crippen molar-refractivity contribution in [2.75, 3.05) is 0 Å². The normalized spacial score (nSPS) is 9.69. The molecule has 0 heterocycles. The number of hydrogen-bond acceptors (Lipinski definition) is 0. The molecule has 0 fully saturated rings. The van der Waals surface area contributed by atoms with E-state index in [0.29, 0.717) is 0 Å². The molecule has 0 atom stereocenters. The van der Waals surface area contributed by atoms with E-state index >= 15 is 0 Å². The van der Waals surface area contributed by atoms with Crippen molar-refractivity contribution in [3.8, 4) is 0 Å². The molecule has 0 aliphatic rings. The SMILES string of the molecule is CCCCCc1ccc[c]([Mg][Cl])c1. The smallest absolute Gasteiger partial charge is 0.336 e. The lowest BCUT2D eigenvalue weighted by Crippen LogP contribution is -2.08. The Balaban J connectivity index is 2.46. The van der Waals surface area contributed by atoms with E-state index in [2.05, 4.69) is 31.2 Å². The third-order valence-corrected chi connectivity index (χ3v) is 3.89. The molecule has 0 saturated heterocycles. The fraction of sp³-hybridized carbons (Fsp3) is 0.455. The summed E-state index contributed by atoms with van der Waals surface area (Å²) in [6, 6.07) is 8.75. The topological polar surface area (TPSA) is 0 Å². The quantitative estimate of drug-likeness (QED) is 0.514. The second kappa shape index (κ2) is 6.69. The number of unbranched alkanes of at least 4 members (excludes halogenated alkanes) is 2. The van der Waals surface area contributed by atoms with Crippen LogP contribution in [0.15, 0.2) is 24.3 Å². The summed E-state index contributed by atoms with van der Waals surface area (Å²) < 4.78 is 1.37. The molecule has 0 aliphatic heterocycles. The molecule has 1 aromatic carbocycles. The highest BCUT2D eigenvalue weighted by molar-refractivity contribution is 7.01. The Morgan fingerprint density at radius 1 is 1.31 bits per heavy atom. The Morgan fingerprint density at radius 2 is 2.15 bits per heavy atom. The maximum Gasteiger partial charge on any atom is 0.538 e. The Morgan fingerprint density at radius 3 is 2.85 bits per heavy atom. The second-order valence-electron chi connectivity index (χ2n) is 3.41. The van der Waals surface area contributed by atoms with Crippen LogP contribution in [0, 0.1) is 0 Å². The highest BCUT2D eigenvalue weighted by atomic mass is 35.5. The summed E-state index contributed by atoms with van der Waals surface area (Å²) in [6.45, 7) is 2.24.